The molecule has 0 atom stereocenters. The maximum atomic E-state index is 4.90. The zero-order valence-electron chi connectivity index (χ0n) is 14.9. The fourth-order valence-electron chi connectivity index (χ4n) is 3.27. The van der Waals surface area contributed by atoms with E-state index < -0.39 is 0 Å². The van der Waals surface area contributed by atoms with Crippen LogP contribution in [0, 0.1) is 0 Å². The minimum atomic E-state index is 0.705. The second kappa shape index (κ2) is 7.61. The standard InChI is InChI=1S/C19H23N7/c1-26(11-7-14-12-22-23-13-14)19-15-5-9-20-10-6-16(15)24-18(25-19)17-4-2-3-8-21-17/h2-4,8,12-13,20H,5-7,9-11H2,1H3,(H,22,23). The van der Waals surface area contributed by atoms with E-state index >= 15 is 0 Å². The number of nitrogens with one attached hydrogen (secondary N) is 2. The zero-order valence-corrected chi connectivity index (χ0v) is 14.9. The van der Waals surface area contributed by atoms with Gasteiger partial charge in [-0.2, -0.15) is 5.10 Å². The summed E-state index contributed by atoms with van der Waals surface area (Å²) in [5.74, 6) is 1.72. The third-order valence-corrected chi connectivity index (χ3v) is 4.71. The molecule has 0 unspecified atom stereocenters. The molecule has 0 saturated carbocycles. The van der Waals surface area contributed by atoms with Crippen molar-refractivity contribution in [3.05, 3.63) is 53.6 Å². The molecular formula is C19H23N7. The van der Waals surface area contributed by atoms with Crippen molar-refractivity contribution in [1.82, 2.24) is 30.5 Å². The van der Waals surface area contributed by atoms with Crippen LogP contribution in [0.5, 0.6) is 0 Å². The molecule has 0 bridgehead atoms. The molecule has 0 aromatic carbocycles. The Bertz CT molecular complexity index is 846. The van der Waals surface area contributed by atoms with E-state index in [0.29, 0.717) is 5.82 Å². The Morgan fingerprint density at radius 2 is 2.08 bits per heavy atom. The van der Waals surface area contributed by atoms with Gasteiger partial charge in [0, 0.05) is 44.5 Å². The molecule has 134 valence electrons. The minimum absolute atomic E-state index is 0.705. The first-order valence-electron chi connectivity index (χ1n) is 9.02. The van der Waals surface area contributed by atoms with Crippen LogP contribution in [0.2, 0.25) is 0 Å². The van der Waals surface area contributed by atoms with Crippen LogP contribution in [-0.2, 0) is 19.3 Å². The molecule has 7 heteroatoms. The van der Waals surface area contributed by atoms with E-state index in [4.69, 9.17) is 9.97 Å². The molecule has 4 rings (SSSR count). The highest BCUT2D eigenvalue weighted by molar-refractivity contribution is 5.58. The lowest BCUT2D eigenvalue weighted by atomic mass is 10.1. The van der Waals surface area contributed by atoms with Crippen molar-refractivity contribution in [2.24, 2.45) is 0 Å². The topological polar surface area (TPSA) is 82.6 Å². The van der Waals surface area contributed by atoms with Gasteiger partial charge in [-0.15, -0.1) is 0 Å². The van der Waals surface area contributed by atoms with Crippen molar-refractivity contribution < 1.29 is 0 Å². The Hall–Kier alpha value is -2.80. The number of hydrogen-bond donors (Lipinski definition) is 2. The summed E-state index contributed by atoms with van der Waals surface area (Å²) in [7, 11) is 2.10. The quantitative estimate of drug-likeness (QED) is 0.728. The number of aromatic amines is 1. The molecule has 0 spiro atoms. The van der Waals surface area contributed by atoms with Crippen LogP contribution in [0.25, 0.3) is 11.5 Å². The summed E-state index contributed by atoms with van der Waals surface area (Å²) in [5, 5.41) is 10.4. The Morgan fingerprint density at radius 1 is 1.15 bits per heavy atom. The predicted molar refractivity (Wildman–Crippen MR) is 101 cm³/mol. The number of H-pyrrole nitrogens is 1. The highest BCUT2D eigenvalue weighted by Gasteiger charge is 2.20. The average Bonchev–Trinajstić information content (AvgIpc) is 3.09. The number of aromatic nitrogens is 5. The number of anilines is 1. The van der Waals surface area contributed by atoms with Crippen LogP contribution in [0.1, 0.15) is 16.8 Å². The van der Waals surface area contributed by atoms with Gasteiger partial charge in [-0.25, -0.2) is 9.97 Å². The molecule has 4 heterocycles. The Labute approximate surface area is 152 Å². The van der Waals surface area contributed by atoms with Gasteiger partial charge < -0.3 is 10.2 Å². The van der Waals surface area contributed by atoms with Gasteiger partial charge in [0.05, 0.1) is 11.9 Å². The highest BCUT2D eigenvalue weighted by Crippen LogP contribution is 2.26. The lowest BCUT2D eigenvalue weighted by Crippen LogP contribution is -2.24. The van der Waals surface area contributed by atoms with Crippen LogP contribution < -0.4 is 10.2 Å². The Kier molecular flexibility index (Phi) is 4.88. The van der Waals surface area contributed by atoms with E-state index in [2.05, 4.69) is 32.4 Å². The van der Waals surface area contributed by atoms with Gasteiger partial charge in [0.15, 0.2) is 5.82 Å². The first-order chi connectivity index (χ1) is 12.8. The van der Waals surface area contributed by atoms with Gasteiger partial charge in [0.2, 0.25) is 0 Å². The molecule has 2 N–H and O–H groups in total. The summed E-state index contributed by atoms with van der Waals surface area (Å²) in [6.45, 7) is 2.78. The molecule has 0 amide bonds. The van der Waals surface area contributed by atoms with Crippen LogP contribution in [0.3, 0.4) is 0 Å². The van der Waals surface area contributed by atoms with E-state index in [0.717, 1.165) is 56.1 Å². The molecular weight excluding hydrogens is 326 g/mol. The monoisotopic (exact) mass is 349 g/mol. The molecule has 0 fully saturated rings. The summed E-state index contributed by atoms with van der Waals surface area (Å²) in [6, 6.07) is 5.85. The second-order valence-corrected chi connectivity index (χ2v) is 6.54. The van der Waals surface area contributed by atoms with Gasteiger partial charge in [0.25, 0.3) is 0 Å². The van der Waals surface area contributed by atoms with Crippen molar-refractivity contribution in [2.75, 3.05) is 31.6 Å². The summed E-state index contributed by atoms with van der Waals surface area (Å²) < 4.78 is 0. The molecule has 0 radical (unpaired) electrons. The third-order valence-electron chi connectivity index (χ3n) is 4.71. The maximum Gasteiger partial charge on any atom is 0.180 e. The molecule has 3 aromatic heterocycles. The van der Waals surface area contributed by atoms with Gasteiger partial charge in [-0.1, -0.05) is 6.07 Å². The number of hydrogen-bond acceptors (Lipinski definition) is 6. The van der Waals surface area contributed by atoms with Crippen molar-refractivity contribution in [1.29, 1.82) is 0 Å². The number of pyridine rings is 1. The van der Waals surface area contributed by atoms with Crippen molar-refractivity contribution in [2.45, 2.75) is 19.3 Å². The lowest BCUT2D eigenvalue weighted by Gasteiger charge is -2.23. The van der Waals surface area contributed by atoms with Crippen molar-refractivity contribution >= 4 is 5.82 Å². The molecule has 3 aromatic rings. The predicted octanol–water partition coefficient (Wildman–Crippen LogP) is 1.63. The summed E-state index contributed by atoms with van der Waals surface area (Å²) in [4.78, 5) is 16.4. The largest absolute Gasteiger partial charge is 0.359 e. The normalized spacial score (nSPS) is 13.9. The van der Waals surface area contributed by atoms with Gasteiger partial charge in [0.1, 0.15) is 11.5 Å². The molecule has 1 aliphatic rings. The lowest BCUT2D eigenvalue weighted by molar-refractivity contribution is 0.708. The molecule has 0 saturated heterocycles. The zero-order chi connectivity index (χ0) is 17.8. The summed E-state index contributed by atoms with van der Waals surface area (Å²) in [5.41, 5.74) is 4.40. The third kappa shape index (κ3) is 3.57. The van der Waals surface area contributed by atoms with E-state index in [1.807, 2.05) is 30.6 Å². The van der Waals surface area contributed by atoms with E-state index in [9.17, 15) is 0 Å². The summed E-state index contributed by atoms with van der Waals surface area (Å²) >= 11 is 0. The van der Waals surface area contributed by atoms with E-state index in [-0.39, 0.29) is 0 Å². The first kappa shape index (κ1) is 16.7. The Balaban J connectivity index is 1.68. The van der Waals surface area contributed by atoms with Gasteiger partial charge >= 0.3 is 0 Å². The van der Waals surface area contributed by atoms with Crippen LogP contribution in [-0.4, -0.2) is 51.8 Å². The molecule has 26 heavy (non-hydrogen) atoms. The van der Waals surface area contributed by atoms with Crippen LogP contribution >= 0.6 is 0 Å². The summed E-state index contributed by atoms with van der Waals surface area (Å²) in [6.07, 6.45) is 8.38. The number of nitrogens with zero attached hydrogens (tertiary/aromatic N) is 5. The highest BCUT2D eigenvalue weighted by atomic mass is 15.2. The smallest absolute Gasteiger partial charge is 0.180 e. The van der Waals surface area contributed by atoms with Gasteiger partial charge in [-0.3, -0.25) is 10.1 Å². The van der Waals surface area contributed by atoms with Crippen molar-refractivity contribution in [3.8, 4) is 11.5 Å². The van der Waals surface area contributed by atoms with Crippen LogP contribution in [0.15, 0.2) is 36.8 Å². The second-order valence-electron chi connectivity index (χ2n) is 6.54. The number of rotatable bonds is 5. The number of fused-ring (bicyclic) bond motifs is 1. The molecule has 0 aliphatic carbocycles. The van der Waals surface area contributed by atoms with E-state index in [1.165, 1.54) is 11.1 Å². The molecule has 1 aliphatic heterocycles. The molecule has 7 nitrogen and oxygen atoms in total. The van der Waals surface area contributed by atoms with E-state index in [1.54, 1.807) is 6.20 Å². The SMILES string of the molecule is CN(CCc1cn[nH]c1)c1nc(-c2ccccn2)nc2c1CCNCC2. The Morgan fingerprint density at radius 3 is 2.88 bits per heavy atom. The number of likely N-dealkylation sites (N-methyl/N-ethyl adjacent to an activating group) is 1. The average molecular weight is 349 g/mol. The maximum absolute atomic E-state index is 4.90. The first-order valence-corrected chi connectivity index (χ1v) is 9.02. The van der Waals surface area contributed by atoms with Gasteiger partial charge in [-0.05, 0) is 37.1 Å². The van der Waals surface area contributed by atoms with Crippen LogP contribution in [0.4, 0.5) is 5.82 Å². The van der Waals surface area contributed by atoms with Crippen molar-refractivity contribution in [3.63, 3.8) is 0 Å². The minimum Gasteiger partial charge on any atom is -0.359 e. The fourth-order valence-corrected chi connectivity index (χ4v) is 3.27. The fraction of sp³-hybridized carbons (Fsp3) is 0.368.